The Hall–Kier alpha value is -2.41. The highest BCUT2D eigenvalue weighted by Crippen LogP contribution is 2.36. The predicted molar refractivity (Wildman–Crippen MR) is 84.6 cm³/mol. The molecule has 2 aromatic rings. The molecule has 1 atom stereocenters. The van der Waals surface area contributed by atoms with E-state index in [1.54, 1.807) is 30.3 Å². The quantitative estimate of drug-likeness (QED) is 0.562. The summed E-state index contributed by atoms with van der Waals surface area (Å²) in [5, 5.41) is -0.318. The summed E-state index contributed by atoms with van der Waals surface area (Å²) in [4.78, 5) is 12.1. The largest absolute Gasteiger partial charge is 0.463 e. The molecule has 1 unspecified atom stereocenters. The monoisotopic (exact) mass is 374 g/mol. The molecule has 0 heterocycles. The Balaban J connectivity index is 2.33. The lowest BCUT2D eigenvalue weighted by atomic mass is 10.2. The number of methoxy groups -OCH3 is 1. The number of halogens is 4. The highest BCUT2D eigenvalue weighted by molar-refractivity contribution is 6.32. The second-order valence-electron chi connectivity index (χ2n) is 5.10. The van der Waals surface area contributed by atoms with Crippen LogP contribution in [-0.4, -0.2) is 18.9 Å². The Kier molecular flexibility index (Phi) is 5.47. The average Bonchev–Trinajstić information content (AvgIpc) is 2.55. The molecular formula is C17H14ClF3O4. The van der Waals surface area contributed by atoms with Gasteiger partial charge in [0.2, 0.25) is 0 Å². The second kappa shape index (κ2) is 7.23. The van der Waals surface area contributed by atoms with Crippen LogP contribution in [0.3, 0.4) is 0 Å². The summed E-state index contributed by atoms with van der Waals surface area (Å²) in [5.41, 5.74) is -0.936. The van der Waals surface area contributed by atoms with Crippen LogP contribution in [-0.2, 0) is 15.7 Å². The molecule has 0 aliphatic carbocycles. The lowest BCUT2D eigenvalue weighted by Gasteiger charge is -2.28. The Morgan fingerprint density at radius 3 is 2.20 bits per heavy atom. The normalized spacial score (nSPS) is 13.7. The van der Waals surface area contributed by atoms with Crippen LogP contribution in [0.1, 0.15) is 12.5 Å². The fourth-order valence-electron chi connectivity index (χ4n) is 1.97. The first-order valence-corrected chi connectivity index (χ1v) is 7.42. The van der Waals surface area contributed by atoms with E-state index in [1.165, 1.54) is 6.92 Å². The van der Waals surface area contributed by atoms with Crippen molar-refractivity contribution >= 4 is 17.6 Å². The number of carbonyl (C=O) groups is 1. The van der Waals surface area contributed by atoms with Crippen molar-refractivity contribution in [1.82, 2.24) is 0 Å². The molecule has 0 radical (unpaired) electrons. The van der Waals surface area contributed by atoms with Crippen LogP contribution in [0.4, 0.5) is 13.2 Å². The molecule has 0 aliphatic heterocycles. The Morgan fingerprint density at radius 2 is 1.68 bits per heavy atom. The number of rotatable bonds is 5. The highest BCUT2D eigenvalue weighted by atomic mass is 35.5. The van der Waals surface area contributed by atoms with Gasteiger partial charge in [-0.15, -0.1) is 0 Å². The van der Waals surface area contributed by atoms with Crippen LogP contribution in [0, 0.1) is 0 Å². The first kappa shape index (κ1) is 18.9. The second-order valence-corrected chi connectivity index (χ2v) is 5.50. The molecule has 0 spiro atoms. The van der Waals surface area contributed by atoms with Gasteiger partial charge in [-0.3, -0.25) is 0 Å². The molecule has 0 aliphatic rings. The van der Waals surface area contributed by atoms with Crippen molar-refractivity contribution in [1.29, 1.82) is 0 Å². The number of carbonyl (C=O) groups excluding carboxylic acids is 1. The summed E-state index contributed by atoms with van der Waals surface area (Å²) in [5.74, 6) is -2.68. The molecule has 2 rings (SSSR count). The number of hydrogen-bond donors (Lipinski definition) is 0. The predicted octanol–water partition coefficient (Wildman–Crippen LogP) is 4.71. The van der Waals surface area contributed by atoms with E-state index in [0.29, 0.717) is 11.8 Å². The van der Waals surface area contributed by atoms with Gasteiger partial charge in [-0.05, 0) is 30.3 Å². The van der Waals surface area contributed by atoms with Gasteiger partial charge < -0.3 is 14.2 Å². The molecule has 25 heavy (non-hydrogen) atoms. The van der Waals surface area contributed by atoms with E-state index in [1.807, 2.05) is 0 Å². The summed E-state index contributed by atoms with van der Waals surface area (Å²) >= 11 is 5.86. The van der Waals surface area contributed by atoms with E-state index in [4.69, 9.17) is 21.1 Å². The fraction of sp³-hybridized carbons (Fsp3) is 0.235. The SMILES string of the molecule is COC(=O)C(C)(Oc1ccccc1)Oc1ccc(C(F)(F)F)cc1Cl. The van der Waals surface area contributed by atoms with Crippen molar-refractivity contribution in [2.45, 2.75) is 18.9 Å². The number of esters is 1. The molecule has 134 valence electrons. The zero-order valence-corrected chi connectivity index (χ0v) is 14.0. The molecule has 2 aromatic carbocycles. The van der Waals surface area contributed by atoms with E-state index in [9.17, 15) is 18.0 Å². The molecule has 0 fully saturated rings. The number of para-hydroxylation sites is 1. The van der Waals surface area contributed by atoms with Crippen LogP contribution in [0.5, 0.6) is 11.5 Å². The maximum absolute atomic E-state index is 12.7. The summed E-state index contributed by atoms with van der Waals surface area (Å²) in [6, 6.07) is 10.8. The summed E-state index contributed by atoms with van der Waals surface area (Å²) < 4.78 is 53.8. The maximum atomic E-state index is 12.7. The van der Waals surface area contributed by atoms with Gasteiger partial charge in [0.25, 0.3) is 0 Å². The molecule has 0 aromatic heterocycles. The smallest absolute Gasteiger partial charge is 0.416 e. The van der Waals surface area contributed by atoms with Crippen molar-refractivity contribution in [2.24, 2.45) is 0 Å². The van der Waals surface area contributed by atoms with Crippen molar-refractivity contribution in [3.63, 3.8) is 0 Å². The third-order valence-corrected chi connectivity index (χ3v) is 3.47. The van der Waals surface area contributed by atoms with Crippen molar-refractivity contribution in [3.05, 3.63) is 59.1 Å². The van der Waals surface area contributed by atoms with Crippen molar-refractivity contribution < 1.29 is 32.2 Å². The van der Waals surface area contributed by atoms with Crippen LogP contribution in [0.2, 0.25) is 5.02 Å². The van der Waals surface area contributed by atoms with Gasteiger partial charge >= 0.3 is 17.9 Å². The van der Waals surface area contributed by atoms with Gasteiger partial charge in [0, 0.05) is 6.92 Å². The van der Waals surface area contributed by atoms with E-state index < -0.39 is 23.5 Å². The Morgan fingerprint density at radius 1 is 1.04 bits per heavy atom. The van der Waals surface area contributed by atoms with Gasteiger partial charge in [-0.25, -0.2) is 4.79 Å². The lowest BCUT2D eigenvalue weighted by Crippen LogP contribution is -2.48. The third kappa shape index (κ3) is 4.57. The van der Waals surface area contributed by atoms with Gasteiger partial charge in [0.15, 0.2) is 0 Å². The zero-order valence-electron chi connectivity index (χ0n) is 13.3. The molecular weight excluding hydrogens is 361 g/mol. The maximum Gasteiger partial charge on any atom is 0.416 e. The lowest BCUT2D eigenvalue weighted by molar-refractivity contribution is -0.184. The van der Waals surface area contributed by atoms with Crippen LogP contribution >= 0.6 is 11.6 Å². The first-order chi connectivity index (χ1) is 11.7. The summed E-state index contributed by atoms with van der Waals surface area (Å²) in [6.45, 7) is 1.28. The Labute approximate surface area is 147 Å². The Bertz CT molecular complexity index is 749. The van der Waals surface area contributed by atoms with Crippen LogP contribution < -0.4 is 9.47 Å². The summed E-state index contributed by atoms with van der Waals surface area (Å²) in [7, 11) is 1.13. The van der Waals surface area contributed by atoms with Gasteiger partial charge in [-0.2, -0.15) is 13.2 Å². The number of alkyl halides is 3. The molecule has 0 N–H and O–H groups in total. The molecule has 4 nitrogen and oxygen atoms in total. The molecule has 0 saturated carbocycles. The van der Waals surface area contributed by atoms with Crippen molar-refractivity contribution in [3.8, 4) is 11.5 Å². The fourth-order valence-corrected chi connectivity index (χ4v) is 2.19. The molecule has 8 heteroatoms. The number of benzene rings is 2. The standard InChI is InChI=1S/C17H14ClF3O4/c1-16(15(22)23-2,24-12-6-4-3-5-7-12)25-14-9-8-11(10-13(14)18)17(19,20)21/h3-10H,1-2H3. The minimum Gasteiger partial charge on any atom is -0.463 e. The first-order valence-electron chi connectivity index (χ1n) is 7.04. The minimum atomic E-state index is -4.55. The van der Waals surface area contributed by atoms with E-state index in [0.717, 1.165) is 19.2 Å². The number of ether oxygens (including phenoxy) is 3. The molecule has 0 amide bonds. The van der Waals surface area contributed by atoms with Crippen LogP contribution in [0.25, 0.3) is 0 Å². The molecule has 0 bridgehead atoms. The van der Waals surface area contributed by atoms with Gasteiger partial charge in [0.05, 0.1) is 17.7 Å². The number of hydrogen-bond acceptors (Lipinski definition) is 4. The minimum absolute atomic E-state index is 0.154. The third-order valence-electron chi connectivity index (χ3n) is 3.18. The average molecular weight is 375 g/mol. The van der Waals surface area contributed by atoms with Crippen molar-refractivity contribution in [2.75, 3.05) is 7.11 Å². The van der Waals surface area contributed by atoms with E-state index >= 15 is 0 Å². The zero-order chi connectivity index (χ0) is 18.7. The molecule has 0 saturated heterocycles. The van der Waals surface area contributed by atoms with Gasteiger partial charge in [0.1, 0.15) is 11.5 Å². The highest BCUT2D eigenvalue weighted by Gasteiger charge is 2.41. The summed E-state index contributed by atoms with van der Waals surface area (Å²) in [6.07, 6.45) is -4.55. The van der Waals surface area contributed by atoms with E-state index in [-0.39, 0.29) is 10.8 Å². The van der Waals surface area contributed by atoms with E-state index in [2.05, 4.69) is 4.74 Å². The van der Waals surface area contributed by atoms with Gasteiger partial charge in [-0.1, -0.05) is 29.8 Å². The topological polar surface area (TPSA) is 44.8 Å². The van der Waals surface area contributed by atoms with Crippen LogP contribution in [0.15, 0.2) is 48.5 Å².